The van der Waals surface area contributed by atoms with Crippen molar-refractivity contribution in [2.45, 2.75) is 30.8 Å². The summed E-state index contributed by atoms with van der Waals surface area (Å²) in [5.41, 5.74) is 1.53. The lowest BCUT2D eigenvalue weighted by molar-refractivity contribution is -0.121. The first-order valence-electron chi connectivity index (χ1n) is 8.17. The predicted molar refractivity (Wildman–Crippen MR) is 100 cm³/mol. The van der Waals surface area contributed by atoms with Crippen LogP contribution in [0.2, 0.25) is 0 Å². The summed E-state index contributed by atoms with van der Waals surface area (Å²) < 4.78 is 26.9. The molecule has 0 aliphatic heterocycles. The number of carbonyl (C=O) groups excluding carboxylic acids is 1. The highest BCUT2D eigenvalue weighted by Gasteiger charge is 2.26. The summed E-state index contributed by atoms with van der Waals surface area (Å²) in [5, 5.41) is 9.86. The van der Waals surface area contributed by atoms with Gasteiger partial charge in [0.1, 0.15) is 6.33 Å². The van der Waals surface area contributed by atoms with Gasteiger partial charge in [0.25, 0.3) is 0 Å². The summed E-state index contributed by atoms with van der Waals surface area (Å²) in [6, 6.07) is 5.28. The Morgan fingerprint density at radius 3 is 2.77 bits per heavy atom. The molecule has 0 fully saturated rings. The first-order valence-corrected chi connectivity index (χ1v) is 10.6. The average Bonchev–Trinajstić information content (AvgIpc) is 3.12. The molecule has 0 atom stereocenters. The number of thioether (sulfide) groups is 1. The molecule has 0 radical (unpaired) electrons. The number of aryl methyl sites for hydroxylation is 2. The summed E-state index contributed by atoms with van der Waals surface area (Å²) in [4.78, 5) is 16.4. The van der Waals surface area contributed by atoms with Gasteiger partial charge in [-0.15, -0.1) is 0 Å². The third-order valence-electron chi connectivity index (χ3n) is 3.69. The van der Waals surface area contributed by atoms with Gasteiger partial charge in [-0.1, -0.05) is 30.8 Å². The molecule has 2 N–H and O–H groups in total. The number of H-pyrrole nitrogens is 1. The molecule has 1 heterocycles. The van der Waals surface area contributed by atoms with E-state index < -0.39 is 10.0 Å². The predicted octanol–water partition coefficient (Wildman–Crippen LogP) is 1.34. The standard InChI is InChI=1S/C16H23N5O3S2/c1-4-21(26(23,24)14-9-12(2)5-6-13(14)3)10-15(22)17-7-8-25-16-18-11-19-20-16/h5-6,9,11H,4,7-8,10H2,1-3H3,(H,17,22)(H,18,19,20). The monoisotopic (exact) mass is 397 g/mol. The lowest BCUT2D eigenvalue weighted by Gasteiger charge is -2.21. The van der Waals surface area contributed by atoms with Crippen molar-refractivity contribution in [3.63, 3.8) is 0 Å². The minimum Gasteiger partial charge on any atom is -0.354 e. The van der Waals surface area contributed by atoms with Crippen molar-refractivity contribution in [2.75, 3.05) is 25.4 Å². The Labute approximate surface area is 157 Å². The van der Waals surface area contributed by atoms with Crippen LogP contribution in [0.1, 0.15) is 18.1 Å². The zero-order chi connectivity index (χ0) is 19.2. The number of carbonyl (C=O) groups is 1. The zero-order valence-corrected chi connectivity index (χ0v) is 16.7. The van der Waals surface area contributed by atoms with E-state index in [4.69, 9.17) is 0 Å². The van der Waals surface area contributed by atoms with Crippen LogP contribution in [0.3, 0.4) is 0 Å². The Morgan fingerprint density at radius 2 is 2.12 bits per heavy atom. The molecule has 0 saturated carbocycles. The highest BCUT2D eigenvalue weighted by molar-refractivity contribution is 7.99. The second-order valence-corrected chi connectivity index (χ2v) is 8.68. The largest absolute Gasteiger partial charge is 0.354 e. The quantitative estimate of drug-likeness (QED) is 0.488. The van der Waals surface area contributed by atoms with Crippen LogP contribution in [0.5, 0.6) is 0 Å². The molecule has 0 aliphatic rings. The van der Waals surface area contributed by atoms with E-state index in [1.54, 1.807) is 26.0 Å². The smallest absolute Gasteiger partial charge is 0.243 e. The third kappa shape index (κ3) is 5.29. The number of nitrogens with one attached hydrogen (secondary N) is 2. The maximum absolute atomic E-state index is 12.9. The van der Waals surface area contributed by atoms with Crippen LogP contribution >= 0.6 is 11.8 Å². The SMILES string of the molecule is CCN(CC(=O)NCCSc1ncn[nH]1)S(=O)(=O)c1cc(C)ccc1C. The molecule has 0 unspecified atom stereocenters. The van der Waals surface area contributed by atoms with Gasteiger partial charge in [0.15, 0.2) is 5.16 Å². The summed E-state index contributed by atoms with van der Waals surface area (Å²) in [5.74, 6) is 0.274. The van der Waals surface area contributed by atoms with Crippen molar-refractivity contribution in [3.05, 3.63) is 35.7 Å². The summed E-state index contributed by atoms with van der Waals surface area (Å²) in [6.07, 6.45) is 1.41. The Bertz CT molecular complexity index is 838. The molecule has 8 nitrogen and oxygen atoms in total. The van der Waals surface area contributed by atoms with E-state index in [0.717, 1.165) is 5.56 Å². The van der Waals surface area contributed by atoms with Gasteiger partial charge in [-0.05, 0) is 31.0 Å². The lowest BCUT2D eigenvalue weighted by Crippen LogP contribution is -2.41. The van der Waals surface area contributed by atoms with E-state index in [2.05, 4.69) is 20.5 Å². The van der Waals surface area contributed by atoms with Gasteiger partial charge in [-0.25, -0.2) is 13.4 Å². The maximum Gasteiger partial charge on any atom is 0.243 e. The summed E-state index contributed by atoms with van der Waals surface area (Å²) in [6.45, 7) is 5.73. The molecule has 2 rings (SSSR count). The number of sulfonamides is 1. The van der Waals surface area contributed by atoms with Crippen LogP contribution in [0, 0.1) is 13.8 Å². The Balaban J connectivity index is 1.94. The molecular formula is C16H23N5O3S2. The molecule has 1 amide bonds. The molecule has 0 aliphatic carbocycles. The minimum absolute atomic E-state index is 0.209. The van der Waals surface area contributed by atoms with Gasteiger partial charge in [-0.3, -0.25) is 9.89 Å². The topological polar surface area (TPSA) is 108 Å². The van der Waals surface area contributed by atoms with Gasteiger partial charge in [0.2, 0.25) is 15.9 Å². The second-order valence-electron chi connectivity index (χ2n) is 5.69. The van der Waals surface area contributed by atoms with Gasteiger partial charge >= 0.3 is 0 Å². The number of aromatic nitrogens is 3. The summed E-state index contributed by atoms with van der Waals surface area (Å²) >= 11 is 1.42. The van der Waals surface area contributed by atoms with E-state index in [9.17, 15) is 13.2 Å². The molecule has 142 valence electrons. The first kappa shape index (κ1) is 20.4. The van der Waals surface area contributed by atoms with Gasteiger partial charge < -0.3 is 5.32 Å². The fourth-order valence-electron chi connectivity index (χ4n) is 2.31. The van der Waals surface area contributed by atoms with Crippen LogP contribution < -0.4 is 5.32 Å². The lowest BCUT2D eigenvalue weighted by atomic mass is 10.2. The number of hydrogen-bond donors (Lipinski definition) is 2. The van der Waals surface area contributed by atoms with E-state index >= 15 is 0 Å². The number of aromatic amines is 1. The molecule has 2 aromatic rings. The van der Waals surface area contributed by atoms with Crippen molar-refractivity contribution in [1.29, 1.82) is 0 Å². The minimum atomic E-state index is -3.72. The van der Waals surface area contributed by atoms with Crippen molar-refractivity contribution >= 4 is 27.7 Å². The molecule has 1 aromatic carbocycles. The molecule has 1 aromatic heterocycles. The number of hydrogen-bond acceptors (Lipinski definition) is 6. The Hall–Kier alpha value is -1.91. The number of rotatable bonds is 9. The van der Waals surface area contributed by atoms with Crippen molar-refractivity contribution < 1.29 is 13.2 Å². The van der Waals surface area contributed by atoms with E-state index in [0.29, 0.717) is 23.0 Å². The van der Waals surface area contributed by atoms with Crippen LogP contribution in [0.15, 0.2) is 34.6 Å². The molecular weight excluding hydrogens is 374 g/mol. The number of likely N-dealkylation sites (N-methyl/N-ethyl adjacent to an activating group) is 1. The number of amides is 1. The van der Waals surface area contributed by atoms with E-state index in [-0.39, 0.29) is 23.9 Å². The highest BCUT2D eigenvalue weighted by Crippen LogP contribution is 2.21. The van der Waals surface area contributed by atoms with Gasteiger partial charge in [-0.2, -0.15) is 9.40 Å². The third-order valence-corrected chi connectivity index (χ3v) is 6.63. The van der Waals surface area contributed by atoms with Crippen LogP contribution in [0.25, 0.3) is 0 Å². The highest BCUT2D eigenvalue weighted by atomic mass is 32.2. The van der Waals surface area contributed by atoms with Crippen molar-refractivity contribution in [3.8, 4) is 0 Å². The second kappa shape index (κ2) is 9.15. The zero-order valence-electron chi connectivity index (χ0n) is 15.0. The Kier molecular flexibility index (Phi) is 7.18. The van der Waals surface area contributed by atoms with Crippen LogP contribution in [0.4, 0.5) is 0 Å². The fourth-order valence-corrected chi connectivity index (χ4v) is 4.66. The molecule has 0 bridgehead atoms. The molecule has 26 heavy (non-hydrogen) atoms. The van der Waals surface area contributed by atoms with E-state index in [1.165, 1.54) is 22.4 Å². The Morgan fingerprint density at radius 1 is 1.35 bits per heavy atom. The van der Waals surface area contributed by atoms with Crippen LogP contribution in [-0.4, -0.2) is 59.2 Å². The number of nitrogens with zero attached hydrogens (tertiary/aromatic N) is 3. The normalized spacial score (nSPS) is 11.7. The number of benzene rings is 1. The average molecular weight is 398 g/mol. The van der Waals surface area contributed by atoms with Crippen molar-refractivity contribution in [2.24, 2.45) is 0 Å². The van der Waals surface area contributed by atoms with Gasteiger partial charge in [0.05, 0.1) is 11.4 Å². The first-order chi connectivity index (χ1) is 12.3. The molecule has 10 heteroatoms. The van der Waals surface area contributed by atoms with Gasteiger partial charge in [0, 0.05) is 18.8 Å². The molecule has 0 spiro atoms. The fraction of sp³-hybridized carbons (Fsp3) is 0.438. The van der Waals surface area contributed by atoms with Crippen LogP contribution in [-0.2, 0) is 14.8 Å². The van der Waals surface area contributed by atoms with Crippen molar-refractivity contribution in [1.82, 2.24) is 24.8 Å². The summed E-state index contributed by atoms with van der Waals surface area (Å²) in [7, 11) is -3.72. The molecule has 0 saturated heterocycles. The van der Waals surface area contributed by atoms with E-state index in [1.807, 2.05) is 13.0 Å². The maximum atomic E-state index is 12.9.